The summed E-state index contributed by atoms with van der Waals surface area (Å²) < 4.78 is 0.359. The van der Waals surface area contributed by atoms with Gasteiger partial charge in [0.25, 0.3) is 0 Å². The predicted molar refractivity (Wildman–Crippen MR) is 51.2 cm³/mol. The van der Waals surface area contributed by atoms with Crippen molar-refractivity contribution in [3.63, 3.8) is 0 Å². The van der Waals surface area contributed by atoms with Gasteiger partial charge in [0, 0.05) is 10.7 Å². The maximum absolute atomic E-state index is 4.19. The summed E-state index contributed by atoms with van der Waals surface area (Å²) in [7, 11) is 0. The van der Waals surface area contributed by atoms with Gasteiger partial charge in [0.15, 0.2) is 0 Å². The highest BCUT2D eigenvalue weighted by molar-refractivity contribution is 8.24. The maximum atomic E-state index is 4.19. The molecule has 0 atom stereocenters. The van der Waals surface area contributed by atoms with Crippen molar-refractivity contribution in [2.24, 2.45) is 0 Å². The molecule has 0 bridgehead atoms. The Kier molecular flexibility index (Phi) is 2.46. The summed E-state index contributed by atoms with van der Waals surface area (Å²) >= 11 is 7.99. The van der Waals surface area contributed by atoms with Gasteiger partial charge in [-0.05, 0) is 19.3 Å². The summed E-state index contributed by atoms with van der Waals surface area (Å²) in [4.78, 5) is 1.40. The van der Waals surface area contributed by atoms with E-state index in [4.69, 9.17) is 0 Å². The first-order chi connectivity index (χ1) is 4.14. The number of hydrogen-bond acceptors (Lipinski definition) is 3. The van der Waals surface area contributed by atoms with Gasteiger partial charge in [0.05, 0.1) is 4.08 Å². The first-order valence-electron chi connectivity index (χ1n) is 2.81. The Hall–Kier alpha value is 0.790. The van der Waals surface area contributed by atoms with Crippen LogP contribution >= 0.6 is 36.2 Å². The predicted octanol–water partition coefficient (Wildman–Crippen LogP) is 2.97. The fraction of sp³-hybridized carbons (Fsp3) is 0.667. The van der Waals surface area contributed by atoms with E-state index in [0.29, 0.717) is 4.08 Å². The molecule has 3 heteroatoms. The molecule has 0 aromatic heterocycles. The zero-order valence-corrected chi connectivity index (χ0v) is 8.08. The van der Waals surface area contributed by atoms with Crippen LogP contribution in [0.3, 0.4) is 0 Å². The van der Waals surface area contributed by atoms with Crippen molar-refractivity contribution >= 4 is 36.2 Å². The SMILES string of the molecule is CC1(C)SC=C(CS)S1. The summed E-state index contributed by atoms with van der Waals surface area (Å²) in [5.41, 5.74) is 0. The molecule has 0 aliphatic carbocycles. The Balaban J connectivity index is 2.50. The molecule has 0 saturated carbocycles. The van der Waals surface area contributed by atoms with E-state index in [0.717, 1.165) is 5.75 Å². The van der Waals surface area contributed by atoms with Crippen molar-refractivity contribution < 1.29 is 0 Å². The molecule has 1 aliphatic heterocycles. The van der Waals surface area contributed by atoms with Crippen LogP contribution in [0, 0.1) is 0 Å². The minimum Gasteiger partial charge on any atom is -0.174 e. The molecule has 1 rings (SSSR count). The molecule has 0 spiro atoms. The normalized spacial score (nSPS) is 24.1. The van der Waals surface area contributed by atoms with E-state index in [-0.39, 0.29) is 0 Å². The highest BCUT2D eigenvalue weighted by atomic mass is 32.2. The van der Waals surface area contributed by atoms with E-state index in [1.165, 1.54) is 4.91 Å². The molecule has 9 heavy (non-hydrogen) atoms. The van der Waals surface area contributed by atoms with E-state index in [1.54, 1.807) is 0 Å². The van der Waals surface area contributed by atoms with Gasteiger partial charge in [-0.25, -0.2) is 0 Å². The van der Waals surface area contributed by atoms with Gasteiger partial charge in [0.1, 0.15) is 0 Å². The van der Waals surface area contributed by atoms with Crippen molar-refractivity contribution in [1.29, 1.82) is 0 Å². The highest BCUT2D eigenvalue weighted by Crippen LogP contribution is 2.48. The van der Waals surface area contributed by atoms with Gasteiger partial charge in [-0.2, -0.15) is 12.6 Å². The second-order valence-electron chi connectivity index (χ2n) is 2.36. The van der Waals surface area contributed by atoms with Gasteiger partial charge in [-0.1, -0.05) is 0 Å². The van der Waals surface area contributed by atoms with E-state index in [1.807, 2.05) is 23.5 Å². The van der Waals surface area contributed by atoms with Crippen LogP contribution in [0.25, 0.3) is 0 Å². The third-order valence-electron chi connectivity index (χ3n) is 1.01. The van der Waals surface area contributed by atoms with Crippen LogP contribution in [0.2, 0.25) is 0 Å². The van der Waals surface area contributed by atoms with E-state index < -0.39 is 0 Å². The number of rotatable bonds is 1. The van der Waals surface area contributed by atoms with Gasteiger partial charge in [-0.15, -0.1) is 23.5 Å². The molecule has 1 aliphatic rings. The minimum absolute atomic E-state index is 0.359. The molecule has 0 fully saturated rings. The van der Waals surface area contributed by atoms with Crippen LogP contribution < -0.4 is 0 Å². The first-order valence-corrected chi connectivity index (χ1v) is 5.14. The molecule has 0 saturated heterocycles. The lowest BCUT2D eigenvalue weighted by molar-refractivity contribution is 1.04. The lowest BCUT2D eigenvalue weighted by Gasteiger charge is -2.13. The Bertz CT molecular complexity index is 137. The Morgan fingerprint density at radius 2 is 2.33 bits per heavy atom. The zero-order chi connectivity index (χ0) is 6.91. The quantitative estimate of drug-likeness (QED) is 0.613. The van der Waals surface area contributed by atoms with Crippen molar-refractivity contribution in [1.82, 2.24) is 0 Å². The Morgan fingerprint density at radius 3 is 2.56 bits per heavy atom. The van der Waals surface area contributed by atoms with Crippen molar-refractivity contribution in [2.75, 3.05) is 5.75 Å². The highest BCUT2D eigenvalue weighted by Gasteiger charge is 2.24. The van der Waals surface area contributed by atoms with Crippen LogP contribution in [-0.4, -0.2) is 9.83 Å². The average Bonchev–Trinajstić information content (AvgIpc) is 2.10. The molecule has 0 aromatic rings. The summed E-state index contributed by atoms with van der Waals surface area (Å²) in [6.45, 7) is 4.46. The fourth-order valence-corrected chi connectivity index (χ4v) is 3.24. The molecule has 1 heterocycles. The van der Waals surface area contributed by atoms with E-state index in [2.05, 4.69) is 31.9 Å². The maximum Gasteiger partial charge on any atom is 0.0640 e. The van der Waals surface area contributed by atoms with Gasteiger partial charge in [0.2, 0.25) is 0 Å². The van der Waals surface area contributed by atoms with Crippen molar-refractivity contribution in [3.8, 4) is 0 Å². The molecule has 0 radical (unpaired) electrons. The molecule has 52 valence electrons. The number of thiol groups is 1. The number of thioether (sulfide) groups is 2. The lowest BCUT2D eigenvalue weighted by Crippen LogP contribution is -2.02. The van der Waals surface area contributed by atoms with Crippen molar-refractivity contribution in [2.45, 2.75) is 17.9 Å². The van der Waals surface area contributed by atoms with Crippen LogP contribution in [0.5, 0.6) is 0 Å². The van der Waals surface area contributed by atoms with E-state index >= 15 is 0 Å². The Labute approximate surface area is 70.3 Å². The van der Waals surface area contributed by atoms with Gasteiger partial charge in [-0.3, -0.25) is 0 Å². The molecule has 0 amide bonds. The summed E-state index contributed by atoms with van der Waals surface area (Å²) in [6.07, 6.45) is 0. The van der Waals surface area contributed by atoms with Crippen LogP contribution in [0.4, 0.5) is 0 Å². The van der Waals surface area contributed by atoms with Gasteiger partial charge < -0.3 is 0 Å². The third-order valence-corrected chi connectivity index (χ3v) is 4.24. The fourth-order valence-electron chi connectivity index (χ4n) is 0.641. The molecule has 0 unspecified atom stereocenters. The largest absolute Gasteiger partial charge is 0.174 e. The van der Waals surface area contributed by atoms with Crippen LogP contribution in [0.15, 0.2) is 10.3 Å². The smallest absolute Gasteiger partial charge is 0.0640 e. The monoisotopic (exact) mass is 178 g/mol. The molecule has 0 aromatic carbocycles. The summed E-state index contributed by atoms with van der Waals surface area (Å²) in [6, 6.07) is 0. The van der Waals surface area contributed by atoms with Crippen molar-refractivity contribution in [3.05, 3.63) is 10.3 Å². The molecule has 0 N–H and O–H groups in total. The second kappa shape index (κ2) is 2.81. The molecular weight excluding hydrogens is 168 g/mol. The zero-order valence-electron chi connectivity index (χ0n) is 5.55. The third kappa shape index (κ3) is 2.13. The van der Waals surface area contributed by atoms with Gasteiger partial charge >= 0.3 is 0 Å². The van der Waals surface area contributed by atoms with Crippen LogP contribution in [0.1, 0.15) is 13.8 Å². The molecule has 0 nitrogen and oxygen atoms in total. The summed E-state index contributed by atoms with van der Waals surface area (Å²) in [5, 5.41) is 2.21. The number of hydrogen-bond donors (Lipinski definition) is 1. The minimum atomic E-state index is 0.359. The first kappa shape index (κ1) is 7.89. The molecular formula is C6H10S3. The second-order valence-corrected chi connectivity index (χ2v) is 6.18. The standard InChI is InChI=1S/C6H10S3/c1-6(2)8-4-5(3-7)9-6/h4,7H,3H2,1-2H3. The Morgan fingerprint density at radius 1 is 1.67 bits per heavy atom. The van der Waals surface area contributed by atoms with Crippen LogP contribution in [-0.2, 0) is 0 Å². The summed E-state index contributed by atoms with van der Waals surface area (Å²) in [5.74, 6) is 0.890. The average molecular weight is 178 g/mol. The lowest BCUT2D eigenvalue weighted by atomic mass is 10.5. The van der Waals surface area contributed by atoms with E-state index in [9.17, 15) is 0 Å². The topological polar surface area (TPSA) is 0 Å².